The number of unbranched alkanes of at least 4 members (excludes halogenated alkanes) is 2. The fourth-order valence-corrected chi connectivity index (χ4v) is 1.71. The summed E-state index contributed by atoms with van der Waals surface area (Å²) in [6.45, 7) is 2.58. The maximum Gasteiger partial charge on any atom is 0.0717 e. The summed E-state index contributed by atoms with van der Waals surface area (Å²) in [6, 6.07) is 7.81. The number of hydrogen-bond acceptors (Lipinski definition) is 2. The van der Waals surface area contributed by atoms with Crippen LogP contribution < -0.4 is 5.32 Å². The third-order valence-corrected chi connectivity index (χ3v) is 2.61. The second kappa shape index (κ2) is 8.57. The Morgan fingerprint density at radius 1 is 1.25 bits per heavy atom. The van der Waals surface area contributed by atoms with E-state index in [1.165, 1.54) is 12.8 Å². The van der Waals surface area contributed by atoms with Gasteiger partial charge in [-0.05, 0) is 50.6 Å². The van der Waals surface area contributed by atoms with Crippen LogP contribution in [0.25, 0.3) is 0 Å². The third-order valence-electron chi connectivity index (χ3n) is 2.37. The fraction of sp³-hybridized carbons (Fsp3) is 0.538. The van der Waals surface area contributed by atoms with Crippen molar-refractivity contribution in [2.24, 2.45) is 0 Å². The minimum atomic E-state index is 0.659. The first-order valence-corrected chi connectivity index (χ1v) is 6.17. The lowest BCUT2D eigenvalue weighted by molar-refractivity contribution is 0.117. The van der Waals surface area contributed by atoms with Crippen LogP contribution in [0.4, 0.5) is 0 Å². The molecule has 1 N–H and O–H groups in total. The molecule has 0 saturated carbocycles. The van der Waals surface area contributed by atoms with Gasteiger partial charge in [0.2, 0.25) is 0 Å². The van der Waals surface area contributed by atoms with E-state index in [0.717, 1.165) is 30.2 Å². The number of benzene rings is 1. The SMILES string of the molecule is CNCCCCCOCc1cccc(Cl)c1. The maximum absolute atomic E-state index is 5.88. The van der Waals surface area contributed by atoms with Crippen LogP contribution in [0.5, 0.6) is 0 Å². The van der Waals surface area contributed by atoms with E-state index < -0.39 is 0 Å². The summed E-state index contributed by atoms with van der Waals surface area (Å²) in [5.74, 6) is 0. The number of nitrogens with one attached hydrogen (secondary N) is 1. The zero-order chi connectivity index (χ0) is 11.6. The zero-order valence-corrected chi connectivity index (χ0v) is 10.6. The largest absolute Gasteiger partial charge is 0.377 e. The Labute approximate surface area is 103 Å². The van der Waals surface area contributed by atoms with Crippen molar-refractivity contribution in [3.05, 3.63) is 34.9 Å². The molecule has 0 radical (unpaired) electrons. The molecule has 0 saturated heterocycles. The molecule has 2 nitrogen and oxygen atoms in total. The van der Waals surface area contributed by atoms with Crippen LogP contribution in [-0.2, 0) is 11.3 Å². The van der Waals surface area contributed by atoms with Crippen LogP contribution in [0.1, 0.15) is 24.8 Å². The highest BCUT2D eigenvalue weighted by atomic mass is 35.5. The molecular formula is C13H20ClNO. The van der Waals surface area contributed by atoms with Crippen molar-refractivity contribution in [1.82, 2.24) is 5.32 Å². The van der Waals surface area contributed by atoms with Gasteiger partial charge in [-0.2, -0.15) is 0 Å². The second-order valence-corrected chi connectivity index (χ2v) is 4.28. The maximum atomic E-state index is 5.88. The topological polar surface area (TPSA) is 21.3 Å². The molecule has 0 aliphatic heterocycles. The van der Waals surface area contributed by atoms with E-state index in [9.17, 15) is 0 Å². The molecule has 0 unspecified atom stereocenters. The van der Waals surface area contributed by atoms with Crippen LogP contribution in [0.15, 0.2) is 24.3 Å². The van der Waals surface area contributed by atoms with Crippen molar-refractivity contribution in [3.63, 3.8) is 0 Å². The summed E-state index contributed by atoms with van der Waals surface area (Å²) in [6.07, 6.45) is 3.57. The average molecular weight is 242 g/mol. The summed E-state index contributed by atoms with van der Waals surface area (Å²) in [5, 5.41) is 3.91. The highest BCUT2D eigenvalue weighted by molar-refractivity contribution is 6.30. The van der Waals surface area contributed by atoms with Crippen LogP contribution >= 0.6 is 11.6 Å². The smallest absolute Gasteiger partial charge is 0.0717 e. The molecule has 0 heterocycles. The predicted octanol–water partition coefficient (Wildman–Crippen LogP) is 3.25. The van der Waals surface area contributed by atoms with Gasteiger partial charge in [0.1, 0.15) is 0 Å². The Morgan fingerprint density at radius 2 is 2.12 bits per heavy atom. The number of halogens is 1. The Morgan fingerprint density at radius 3 is 2.88 bits per heavy atom. The van der Waals surface area contributed by atoms with Gasteiger partial charge >= 0.3 is 0 Å². The third kappa shape index (κ3) is 6.11. The van der Waals surface area contributed by atoms with Crippen molar-refractivity contribution >= 4 is 11.6 Å². The molecule has 0 atom stereocenters. The summed E-state index contributed by atoms with van der Waals surface area (Å²) in [5.41, 5.74) is 1.14. The molecule has 0 spiro atoms. The monoisotopic (exact) mass is 241 g/mol. The summed E-state index contributed by atoms with van der Waals surface area (Å²) >= 11 is 5.88. The van der Waals surface area contributed by atoms with Gasteiger partial charge < -0.3 is 10.1 Å². The van der Waals surface area contributed by atoms with Crippen molar-refractivity contribution in [2.75, 3.05) is 20.2 Å². The Kier molecular flexibility index (Phi) is 7.23. The van der Waals surface area contributed by atoms with Crippen molar-refractivity contribution < 1.29 is 4.74 Å². The molecule has 0 amide bonds. The van der Waals surface area contributed by atoms with Crippen LogP contribution in [-0.4, -0.2) is 20.2 Å². The van der Waals surface area contributed by atoms with Crippen molar-refractivity contribution in [3.8, 4) is 0 Å². The normalized spacial score (nSPS) is 10.6. The molecule has 16 heavy (non-hydrogen) atoms. The molecule has 1 aromatic rings. The molecule has 0 aromatic heterocycles. The lowest BCUT2D eigenvalue weighted by atomic mass is 10.2. The zero-order valence-electron chi connectivity index (χ0n) is 9.84. The summed E-state index contributed by atoms with van der Waals surface area (Å²) < 4.78 is 5.58. The lowest BCUT2D eigenvalue weighted by Crippen LogP contribution is -2.07. The molecule has 0 bridgehead atoms. The van der Waals surface area contributed by atoms with Crippen LogP contribution in [0.3, 0.4) is 0 Å². The number of rotatable bonds is 8. The molecule has 3 heteroatoms. The number of ether oxygens (including phenoxy) is 1. The average Bonchev–Trinajstić information content (AvgIpc) is 2.28. The molecule has 1 rings (SSSR count). The van der Waals surface area contributed by atoms with Gasteiger partial charge in [0, 0.05) is 11.6 Å². The van der Waals surface area contributed by atoms with Gasteiger partial charge in [-0.25, -0.2) is 0 Å². The highest BCUT2D eigenvalue weighted by Crippen LogP contribution is 2.11. The van der Waals surface area contributed by atoms with E-state index in [1.807, 2.05) is 31.3 Å². The van der Waals surface area contributed by atoms with Gasteiger partial charge in [-0.3, -0.25) is 0 Å². The summed E-state index contributed by atoms with van der Waals surface area (Å²) in [7, 11) is 1.98. The molecule has 1 aromatic carbocycles. The predicted molar refractivity (Wildman–Crippen MR) is 68.9 cm³/mol. The first kappa shape index (κ1) is 13.5. The number of hydrogen-bond donors (Lipinski definition) is 1. The molecule has 0 fully saturated rings. The van der Waals surface area contributed by atoms with Gasteiger partial charge in [0.05, 0.1) is 6.61 Å². The lowest BCUT2D eigenvalue weighted by Gasteiger charge is -2.04. The first-order chi connectivity index (χ1) is 7.83. The first-order valence-electron chi connectivity index (χ1n) is 5.79. The van der Waals surface area contributed by atoms with Crippen LogP contribution in [0, 0.1) is 0 Å². The van der Waals surface area contributed by atoms with E-state index >= 15 is 0 Å². The van der Waals surface area contributed by atoms with E-state index in [0.29, 0.717) is 6.61 Å². The molecule has 0 aliphatic carbocycles. The Bertz CT molecular complexity index is 291. The van der Waals surface area contributed by atoms with E-state index in [1.54, 1.807) is 0 Å². The van der Waals surface area contributed by atoms with Gasteiger partial charge in [-0.15, -0.1) is 0 Å². The van der Waals surface area contributed by atoms with E-state index in [4.69, 9.17) is 16.3 Å². The molecule has 90 valence electrons. The Balaban J connectivity index is 2.03. The second-order valence-electron chi connectivity index (χ2n) is 3.85. The van der Waals surface area contributed by atoms with Gasteiger partial charge in [-0.1, -0.05) is 23.7 Å². The van der Waals surface area contributed by atoms with E-state index in [2.05, 4.69) is 5.32 Å². The Hall–Kier alpha value is -0.570. The minimum absolute atomic E-state index is 0.659. The van der Waals surface area contributed by atoms with Crippen LogP contribution in [0.2, 0.25) is 5.02 Å². The van der Waals surface area contributed by atoms with Crippen molar-refractivity contribution in [1.29, 1.82) is 0 Å². The summed E-state index contributed by atoms with van der Waals surface area (Å²) in [4.78, 5) is 0. The molecule has 0 aliphatic rings. The van der Waals surface area contributed by atoms with Gasteiger partial charge in [0.15, 0.2) is 0 Å². The van der Waals surface area contributed by atoms with Crippen molar-refractivity contribution in [2.45, 2.75) is 25.9 Å². The minimum Gasteiger partial charge on any atom is -0.377 e. The van der Waals surface area contributed by atoms with E-state index in [-0.39, 0.29) is 0 Å². The van der Waals surface area contributed by atoms with Gasteiger partial charge in [0.25, 0.3) is 0 Å². The quantitative estimate of drug-likeness (QED) is 0.706. The molecular weight excluding hydrogens is 222 g/mol. The fourth-order valence-electron chi connectivity index (χ4n) is 1.50. The standard InChI is InChI=1S/C13H20ClNO/c1-15-8-3-2-4-9-16-11-12-6-5-7-13(14)10-12/h5-7,10,15H,2-4,8-9,11H2,1H3. The highest BCUT2D eigenvalue weighted by Gasteiger charge is 1.94.